The van der Waals surface area contributed by atoms with Gasteiger partial charge in [-0.25, -0.2) is 0 Å². The summed E-state index contributed by atoms with van der Waals surface area (Å²) >= 11 is 0. The van der Waals surface area contributed by atoms with E-state index in [2.05, 4.69) is 5.32 Å². The SMILES string of the molecule is O=[N+]([O-])c1ccc(NCC2(O)CCC2)c([N+](=O)[O-])c1. The lowest BCUT2D eigenvalue weighted by Gasteiger charge is -2.36. The van der Waals surface area contributed by atoms with Crippen LogP contribution in [0.15, 0.2) is 18.2 Å². The summed E-state index contributed by atoms with van der Waals surface area (Å²) < 4.78 is 0. The summed E-state index contributed by atoms with van der Waals surface area (Å²) in [6.45, 7) is 0.200. The molecule has 0 aromatic heterocycles. The van der Waals surface area contributed by atoms with Crippen LogP contribution in [0.1, 0.15) is 19.3 Å². The van der Waals surface area contributed by atoms with Gasteiger partial charge < -0.3 is 10.4 Å². The first-order valence-electron chi connectivity index (χ1n) is 5.80. The summed E-state index contributed by atoms with van der Waals surface area (Å²) in [6.07, 6.45) is 2.24. The highest BCUT2D eigenvalue weighted by Crippen LogP contribution is 2.34. The largest absolute Gasteiger partial charge is 0.388 e. The third-order valence-electron chi connectivity index (χ3n) is 3.28. The molecule has 0 aliphatic heterocycles. The zero-order valence-electron chi connectivity index (χ0n) is 10.0. The summed E-state index contributed by atoms with van der Waals surface area (Å²) in [5.41, 5.74) is -1.34. The fourth-order valence-electron chi connectivity index (χ4n) is 1.96. The fraction of sp³-hybridized carbons (Fsp3) is 0.455. The molecule has 19 heavy (non-hydrogen) atoms. The molecule has 8 heteroatoms. The van der Waals surface area contributed by atoms with Gasteiger partial charge in [-0.2, -0.15) is 0 Å². The molecule has 0 bridgehead atoms. The van der Waals surface area contributed by atoms with Gasteiger partial charge in [0.2, 0.25) is 0 Å². The van der Waals surface area contributed by atoms with Crippen LogP contribution in [0, 0.1) is 20.2 Å². The zero-order valence-corrected chi connectivity index (χ0v) is 10.0. The summed E-state index contributed by atoms with van der Waals surface area (Å²) in [7, 11) is 0. The number of rotatable bonds is 5. The van der Waals surface area contributed by atoms with E-state index in [1.807, 2.05) is 0 Å². The van der Waals surface area contributed by atoms with Crippen LogP contribution in [0.2, 0.25) is 0 Å². The smallest absolute Gasteiger partial charge is 0.299 e. The number of nitrogens with one attached hydrogen (secondary N) is 1. The number of anilines is 1. The Labute approximate surface area is 108 Å². The predicted molar refractivity (Wildman–Crippen MR) is 67.0 cm³/mol. The maximum atomic E-state index is 10.9. The van der Waals surface area contributed by atoms with Crippen molar-refractivity contribution >= 4 is 17.1 Å². The van der Waals surface area contributed by atoms with Crippen molar-refractivity contribution in [2.45, 2.75) is 24.9 Å². The van der Waals surface area contributed by atoms with Crippen LogP contribution in [-0.2, 0) is 0 Å². The van der Waals surface area contributed by atoms with Crippen molar-refractivity contribution in [1.82, 2.24) is 0 Å². The highest BCUT2D eigenvalue weighted by atomic mass is 16.6. The lowest BCUT2D eigenvalue weighted by atomic mass is 9.80. The van der Waals surface area contributed by atoms with Gasteiger partial charge in [0.05, 0.1) is 21.5 Å². The van der Waals surface area contributed by atoms with Crippen molar-refractivity contribution in [2.75, 3.05) is 11.9 Å². The standard InChI is InChI=1S/C11H13N3O5/c15-11(4-1-5-11)7-12-9-3-2-8(13(16)17)6-10(9)14(18)19/h2-3,6,12,15H,1,4-5,7H2. The minimum absolute atomic E-state index is 0.177. The van der Waals surface area contributed by atoms with Crippen molar-refractivity contribution in [2.24, 2.45) is 0 Å². The molecule has 0 unspecified atom stereocenters. The first-order valence-corrected chi connectivity index (χ1v) is 5.80. The second-order valence-electron chi connectivity index (χ2n) is 4.65. The van der Waals surface area contributed by atoms with Crippen molar-refractivity contribution in [1.29, 1.82) is 0 Å². The van der Waals surface area contributed by atoms with Crippen LogP contribution in [0.4, 0.5) is 17.1 Å². The Balaban J connectivity index is 2.19. The molecule has 0 spiro atoms. The van der Waals surface area contributed by atoms with Crippen LogP contribution < -0.4 is 5.32 Å². The molecule has 0 atom stereocenters. The van der Waals surface area contributed by atoms with E-state index in [9.17, 15) is 25.3 Å². The fourth-order valence-corrected chi connectivity index (χ4v) is 1.96. The molecule has 8 nitrogen and oxygen atoms in total. The van der Waals surface area contributed by atoms with Crippen LogP contribution in [0.5, 0.6) is 0 Å². The maximum absolute atomic E-state index is 10.9. The number of aliphatic hydroxyl groups is 1. The predicted octanol–water partition coefficient (Wildman–Crippen LogP) is 1.83. The van der Waals surface area contributed by atoms with E-state index in [0.29, 0.717) is 12.8 Å². The average molecular weight is 267 g/mol. The van der Waals surface area contributed by atoms with E-state index >= 15 is 0 Å². The first-order chi connectivity index (χ1) is 8.91. The number of hydrogen-bond acceptors (Lipinski definition) is 6. The van der Waals surface area contributed by atoms with Crippen molar-refractivity contribution in [3.63, 3.8) is 0 Å². The molecule has 2 N–H and O–H groups in total. The Morgan fingerprint density at radius 1 is 1.26 bits per heavy atom. The third kappa shape index (κ3) is 2.79. The van der Waals surface area contributed by atoms with Gasteiger partial charge in [0.1, 0.15) is 5.69 Å². The molecule has 1 saturated carbocycles. The van der Waals surface area contributed by atoms with Crippen molar-refractivity contribution < 1.29 is 15.0 Å². The highest BCUT2D eigenvalue weighted by molar-refractivity contribution is 5.65. The number of nitrogens with zero attached hydrogens (tertiary/aromatic N) is 2. The molecule has 102 valence electrons. The highest BCUT2D eigenvalue weighted by Gasteiger charge is 2.34. The third-order valence-corrected chi connectivity index (χ3v) is 3.28. The normalized spacial score (nSPS) is 16.5. The van der Waals surface area contributed by atoms with Gasteiger partial charge in [-0.15, -0.1) is 0 Å². The second-order valence-corrected chi connectivity index (χ2v) is 4.65. The summed E-state index contributed by atoms with van der Waals surface area (Å²) in [6, 6.07) is 3.39. The molecule has 0 radical (unpaired) electrons. The molecule has 0 saturated heterocycles. The molecule has 0 heterocycles. The quantitative estimate of drug-likeness (QED) is 0.620. The number of nitro groups is 2. The Morgan fingerprint density at radius 3 is 2.42 bits per heavy atom. The van der Waals surface area contributed by atoms with Crippen LogP contribution in [0.25, 0.3) is 0 Å². The molecule has 2 rings (SSSR count). The lowest BCUT2D eigenvalue weighted by Crippen LogP contribution is -2.43. The van der Waals surface area contributed by atoms with Gasteiger partial charge in [0, 0.05) is 12.6 Å². The molecular weight excluding hydrogens is 254 g/mol. The number of hydrogen-bond donors (Lipinski definition) is 2. The molecule has 1 aromatic rings. The molecule has 1 aliphatic rings. The lowest BCUT2D eigenvalue weighted by molar-refractivity contribution is -0.393. The van der Waals surface area contributed by atoms with Gasteiger partial charge in [-0.3, -0.25) is 20.2 Å². The molecule has 1 fully saturated rings. The first kappa shape index (κ1) is 13.2. The van der Waals surface area contributed by atoms with Crippen molar-refractivity contribution in [3.05, 3.63) is 38.4 Å². The topological polar surface area (TPSA) is 119 Å². The minimum Gasteiger partial charge on any atom is -0.388 e. The van der Waals surface area contributed by atoms with Crippen LogP contribution in [0.3, 0.4) is 0 Å². The van der Waals surface area contributed by atoms with Gasteiger partial charge in [0.25, 0.3) is 11.4 Å². The van der Waals surface area contributed by atoms with E-state index in [1.54, 1.807) is 0 Å². The zero-order chi connectivity index (χ0) is 14.0. The summed E-state index contributed by atoms with van der Waals surface area (Å²) in [5, 5.41) is 34.2. The number of benzene rings is 1. The Hall–Kier alpha value is -2.22. The van der Waals surface area contributed by atoms with Crippen molar-refractivity contribution in [3.8, 4) is 0 Å². The van der Waals surface area contributed by atoms with E-state index in [0.717, 1.165) is 12.5 Å². The Kier molecular flexibility index (Phi) is 3.34. The van der Waals surface area contributed by atoms with Crippen LogP contribution >= 0.6 is 0 Å². The minimum atomic E-state index is -0.824. The summed E-state index contributed by atoms with van der Waals surface area (Å²) in [5.74, 6) is 0. The Bertz CT molecular complexity index is 527. The number of non-ortho nitro benzene ring substituents is 1. The molecular formula is C11H13N3O5. The summed E-state index contributed by atoms with van der Waals surface area (Å²) in [4.78, 5) is 20.1. The van der Waals surface area contributed by atoms with E-state index < -0.39 is 15.4 Å². The molecule has 0 amide bonds. The van der Waals surface area contributed by atoms with E-state index in [1.165, 1.54) is 12.1 Å². The monoisotopic (exact) mass is 267 g/mol. The van der Waals surface area contributed by atoms with E-state index in [4.69, 9.17) is 0 Å². The Morgan fingerprint density at radius 2 is 1.95 bits per heavy atom. The van der Waals surface area contributed by atoms with Gasteiger partial charge in [0.15, 0.2) is 0 Å². The average Bonchev–Trinajstić information content (AvgIpc) is 2.33. The molecule has 1 aromatic carbocycles. The molecule has 1 aliphatic carbocycles. The van der Waals surface area contributed by atoms with Crippen LogP contribution in [-0.4, -0.2) is 27.1 Å². The second kappa shape index (κ2) is 4.81. The van der Waals surface area contributed by atoms with E-state index in [-0.39, 0.29) is 23.6 Å². The van der Waals surface area contributed by atoms with Gasteiger partial charge in [-0.1, -0.05) is 0 Å². The number of nitro benzene ring substituents is 2. The van der Waals surface area contributed by atoms with Gasteiger partial charge in [-0.05, 0) is 25.3 Å². The van der Waals surface area contributed by atoms with Gasteiger partial charge >= 0.3 is 0 Å². The maximum Gasteiger partial charge on any atom is 0.299 e.